The van der Waals surface area contributed by atoms with Gasteiger partial charge in [0.25, 0.3) is 0 Å². The standard InChI is InChI=1S/C51H35NO/c1-2-13-33(14-3-1)38-16-6-7-18-40(38)45-31-36-26-25-34(29-44(36)41-19-8-9-20-42(41)45)35-27-28-48-46(30-35)43-21-10-11-22-47(43)52(48)49-23-12-24-50-51(49)39-17-5-4-15-37(39)32-53-50/h1-30,45H,31-32H2. The normalized spacial score (nSPS) is 14.2. The maximum atomic E-state index is 6.30. The van der Waals surface area contributed by atoms with Gasteiger partial charge in [-0.15, -0.1) is 0 Å². The fourth-order valence-corrected chi connectivity index (χ4v) is 9.07. The number of para-hydroxylation sites is 1. The number of nitrogens with zero attached hydrogens (tertiary/aromatic N) is 1. The van der Waals surface area contributed by atoms with Gasteiger partial charge in [-0.05, 0) is 104 Å². The van der Waals surface area contributed by atoms with E-state index < -0.39 is 0 Å². The van der Waals surface area contributed by atoms with Crippen LogP contribution in [0.25, 0.3) is 72.0 Å². The summed E-state index contributed by atoms with van der Waals surface area (Å²) in [5.41, 5.74) is 19.0. The summed E-state index contributed by atoms with van der Waals surface area (Å²) >= 11 is 0. The van der Waals surface area contributed by atoms with Crippen molar-refractivity contribution >= 4 is 21.8 Å². The van der Waals surface area contributed by atoms with Gasteiger partial charge in [0.05, 0.1) is 16.7 Å². The molecular formula is C51H35NO. The second-order valence-corrected chi connectivity index (χ2v) is 14.3. The zero-order valence-corrected chi connectivity index (χ0v) is 29.2. The predicted molar refractivity (Wildman–Crippen MR) is 219 cm³/mol. The van der Waals surface area contributed by atoms with Gasteiger partial charge in [-0.25, -0.2) is 0 Å². The minimum Gasteiger partial charge on any atom is -0.488 e. The molecule has 2 nitrogen and oxygen atoms in total. The second kappa shape index (κ2) is 12.0. The van der Waals surface area contributed by atoms with Crippen molar-refractivity contribution in [3.63, 3.8) is 0 Å². The van der Waals surface area contributed by atoms with Crippen molar-refractivity contribution in [2.24, 2.45) is 0 Å². The van der Waals surface area contributed by atoms with Crippen LogP contribution in [0.4, 0.5) is 0 Å². The fraction of sp³-hybridized carbons (Fsp3) is 0.0588. The van der Waals surface area contributed by atoms with Gasteiger partial charge in [-0.2, -0.15) is 0 Å². The molecule has 9 aromatic rings. The van der Waals surface area contributed by atoms with Crippen LogP contribution in [0, 0.1) is 0 Å². The number of benzene rings is 8. The van der Waals surface area contributed by atoms with E-state index in [0.717, 1.165) is 23.4 Å². The maximum absolute atomic E-state index is 6.30. The van der Waals surface area contributed by atoms with Crippen LogP contribution in [0.1, 0.15) is 28.2 Å². The first-order valence-electron chi connectivity index (χ1n) is 18.5. The van der Waals surface area contributed by atoms with Crippen LogP contribution in [-0.2, 0) is 13.0 Å². The van der Waals surface area contributed by atoms with Gasteiger partial charge in [0, 0.05) is 22.3 Å². The Morgan fingerprint density at radius 3 is 2.00 bits per heavy atom. The third kappa shape index (κ3) is 4.72. The first-order chi connectivity index (χ1) is 26.3. The molecule has 0 spiro atoms. The summed E-state index contributed by atoms with van der Waals surface area (Å²) in [6.45, 7) is 0.593. The molecule has 250 valence electrons. The molecule has 11 rings (SSSR count). The van der Waals surface area contributed by atoms with Crippen molar-refractivity contribution in [3.8, 4) is 55.9 Å². The summed E-state index contributed by atoms with van der Waals surface area (Å²) in [6.07, 6.45) is 0.969. The van der Waals surface area contributed by atoms with E-state index in [9.17, 15) is 0 Å². The molecule has 1 atom stereocenters. The topological polar surface area (TPSA) is 14.2 Å². The molecule has 8 aromatic carbocycles. The highest BCUT2D eigenvalue weighted by atomic mass is 16.5. The monoisotopic (exact) mass is 677 g/mol. The number of aromatic nitrogens is 1. The smallest absolute Gasteiger partial charge is 0.129 e. The summed E-state index contributed by atoms with van der Waals surface area (Å²) in [7, 11) is 0. The highest BCUT2D eigenvalue weighted by molar-refractivity contribution is 6.11. The summed E-state index contributed by atoms with van der Waals surface area (Å²) in [5, 5.41) is 2.49. The van der Waals surface area contributed by atoms with E-state index in [0.29, 0.717) is 6.61 Å². The van der Waals surface area contributed by atoms with Gasteiger partial charge in [0.15, 0.2) is 0 Å². The molecule has 1 unspecified atom stereocenters. The lowest BCUT2D eigenvalue weighted by Crippen LogP contribution is -2.13. The molecule has 1 aromatic heterocycles. The van der Waals surface area contributed by atoms with E-state index in [1.54, 1.807) is 0 Å². The molecule has 2 aliphatic rings. The molecule has 0 saturated carbocycles. The lowest BCUT2D eigenvalue weighted by molar-refractivity contribution is 0.302. The van der Waals surface area contributed by atoms with Crippen LogP contribution in [0.5, 0.6) is 5.75 Å². The Kier molecular flexibility index (Phi) is 6.78. The zero-order valence-electron chi connectivity index (χ0n) is 29.2. The second-order valence-electron chi connectivity index (χ2n) is 14.3. The molecule has 0 N–H and O–H groups in total. The number of ether oxygens (including phenoxy) is 1. The quantitative estimate of drug-likeness (QED) is 0.181. The van der Waals surface area contributed by atoms with Gasteiger partial charge in [-0.1, -0.05) is 146 Å². The fourth-order valence-electron chi connectivity index (χ4n) is 9.07. The SMILES string of the molecule is c1ccc(-c2ccccc2C2Cc3ccc(-c4ccc5c(c4)c4ccccc4n5-c4cccc5c4-c4ccccc4CO5)cc3-c3ccccc32)cc1. The van der Waals surface area contributed by atoms with Crippen molar-refractivity contribution in [1.82, 2.24) is 4.57 Å². The average Bonchev–Trinajstić information content (AvgIpc) is 3.57. The van der Waals surface area contributed by atoms with Gasteiger partial charge < -0.3 is 9.30 Å². The van der Waals surface area contributed by atoms with Crippen LogP contribution in [0.2, 0.25) is 0 Å². The third-order valence-electron chi connectivity index (χ3n) is 11.5. The van der Waals surface area contributed by atoms with Crippen LogP contribution < -0.4 is 4.74 Å². The van der Waals surface area contributed by atoms with E-state index in [2.05, 4.69) is 187 Å². The summed E-state index contributed by atoms with van der Waals surface area (Å²) in [4.78, 5) is 0. The van der Waals surface area contributed by atoms with Crippen molar-refractivity contribution in [2.45, 2.75) is 18.9 Å². The highest BCUT2D eigenvalue weighted by Crippen LogP contribution is 2.47. The molecular weight excluding hydrogens is 643 g/mol. The van der Waals surface area contributed by atoms with Crippen molar-refractivity contribution < 1.29 is 4.74 Å². The van der Waals surface area contributed by atoms with Crippen LogP contribution in [0.3, 0.4) is 0 Å². The van der Waals surface area contributed by atoms with Crippen LogP contribution in [-0.4, -0.2) is 4.57 Å². The highest BCUT2D eigenvalue weighted by Gasteiger charge is 2.28. The lowest BCUT2D eigenvalue weighted by atomic mass is 9.73. The van der Waals surface area contributed by atoms with Gasteiger partial charge in [0.2, 0.25) is 0 Å². The predicted octanol–water partition coefficient (Wildman–Crippen LogP) is 13.0. The Morgan fingerprint density at radius 1 is 0.434 bits per heavy atom. The first kappa shape index (κ1) is 30.0. The molecule has 0 saturated heterocycles. The molecule has 1 aliphatic heterocycles. The Morgan fingerprint density at radius 2 is 1.11 bits per heavy atom. The van der Waals surface area contributed by atoms with E-state index in [-0.39, 0.29) is 5.92 Å². The molecule has 0 bridgehead atoms. The largest absolute Gasteiger partial charge is 0.488 e. The van der Waals surface area contributed by atoms with E-state index in [1.165, 1.54) is 83.0 Å². The minimum absolute atomic E-state index is 0.282. The Balaban J connectivity index is 1.04. The van der Waals surface area contributed by atoms with Gasteiger partial charge >= 0.3 is 0 Å². The number of rotatable bonds is 4. The molecule has 2 heterocycles. The zero-order chi connectivity index (χ0) is 34.9. The molecule has 53 heavy (non-hydrogen) atoms. The maximum Gasteiger partial charge on any atom is 0.129 e. The summed E-state index contributed by atoms with van der Waals surface area (Å²) in [5.74, 6) is 1.22. The average molecular weight is 678 g/mol. The van der Waals surface area contributed by atoms with E-state index >= 15 is 0 Å². The van der Waals surface area contributed by atoms with Crippen molar-refractivity contribution in [1.29, 1.82) is 0 Å². The number of hydrogen-bond donors (Lipinski definition) is 0. The van der Waals surface area contributed by atoms with Crippen molar-refractivity contribution in [2.75, 3.05) is 0 Å². The first-order valence-corrected chi connectivity index (χ1v) is 18.5. The number of hydrogen-bond acceptors (Lipinski definition) is 1. The molecule has 0 amide bonds. The summed E-state index contributed by atoms with van der Waals surface area (Å²) in [6, 6.07) is 66.8. The van der Waals surface area contributed by atoms with Gasteiger partial charge in [0.1, 0.15) is 12.4 Å². The molecule has 1 aliphatic carbocycles. The van der Waals surface area contributed by atoms with E-state index in [1.807, 2.05) is 0 Å². The Labute approximate surface area is 309 Å². The minimum atomic E-state index is 0.282. The molecule has 2 heteroatoms. The van der Waals surface area contributed by atoms with Crippen LogP contribution >= 0.6 is 0 Å². The molecule has 0 fully saturated rings. The number of fused-ring (bicyclic) bond motifs is 9. The Hall–Kier alpha value is -6.64. The lowest BCUT2D eigenvalue weighted by Gasteiger charge is -2.30. The molecule has 0 radical (unpaired) electrons. The Bertz CT molecular complexity index is 2880. The van der Waals surface area contributed by atoms with Crippen molar-refractivity contribution in [3.05, 3.63) is 204 Å². The van der Waals surface area contributed by atoms with E-state index in [4.69, 9.17) is 4.74 Å². The third-order valence-corrected chi connectivity index (χ3v) is 11.5. The van der Waals surface area contributed by atoms with Gasteiger partial charge in [-0.3, -0.25) is 0 Å². The van der Waals surface area contributed by atoms with Crippen LogP contribution in [0.15, 0.2) is 182 Å². The summed E-state index contributed by atoms with van der Waals surface area (Å²) < 4.78 is 8.73.